The molecule has 0 aliphatic heterocycles. The fourth-order valence-electron chi connectivity index (χ4n) is 1.93. The number of ether oxygens (including phenoxy) is 1. The molecule has 0 atom stereocenters. The molecule has 3 heteroatoms. The minimum atomic E-state index is 0.0457. The van der Waals surface area contributed by atoms with Crippen molar-refractivity contribution in [3.63, 3.8) is 0 Å². The molecular weight excluding hydrogens is 250 g/mol. The summed E-state index contributed by atoms with van der Waals surface area (Å²) in [6.45, 7) is 6.45. The van der Waals surface area contributed by atoms with E-state index in [1.165, 1.54) is 5.56 Å². The number of hydrogen-bond acceptors (Lipinski definition) is 3. The predicted octanol–water partition coefficient (Wildman–Crippen LogP) is 4.44. The molecule has 2 N–H and O–H groups in total. The molecule has 3 nitrogen and oxygen atoms in total. The Bertz CT molecular complexity index is 583. The van der Waals surface area contributed by atoms with E-state index in [0.717, 1.165) is 11.4 Å². The minimum Gasteiger partial charge on any atom is -0.506 e. The number of phenolic OH excluding ortho intramolecular Hbond substituents is 1. The summed E-state index contributed by atoms with van der Waals surface area (Å²) >= 11 is 0. The molecular formula is C17H21NO2. The largest absolute Gasteiger partial charge is 0.506 e. The normalized spacial score (nSPS) is 11.2. The van der Waals surface area contributed by atoms with E-state index in [-0.39, 0.29) is 11.2 Å². The highest BCUT2D eigenvalue weighted by Crippen LogP contribution is 2.32. The second-order valence-corrected chi connectivity index (χ2v) is 5.84. The SMILES string of the molecule is COc1ccc(Nc2cc(C(C)(C)C)ccc2O)cc1. The van der Waals surface area contributed by atoms with E-state index in [1.54, 1.807) is 13.2 Å². The van der Waals surface area contributed by atoms with Crippen LogP contribution in [0.4, 0.5) is 11.4 Å². The lowest BCUT2D eigenvalue weighted by Crippen LogP contribution is -2.11. The second kappa shape index (κ2) is 5.45. The van der Waals surface area contributed by atoms with Crippen LogP contribution in [0.5, 0.6) is 11.5 Å². The molecule has 0 fully saturated rings. The first-order chi connectivity index (χ1) is 9.40. The monoisotopic (exact) mass is 271 g/mol. The average Bonchev–Trinajstić information content (AvgIpc) is 2.41. The Morgan fingerprint density at radius 1 is 1.00 bits per heavy atom. The summed E-state index contributed by atoms with van der Waals surface area (Å²) in [6, 6.07) is 13.3. The highest BCUT2D eigenvalue weighted by Gasteiger charge is 2.15. The van der Waals surface area contributed by atoms with Gasteiger partial charge < -0.3 is 15.2 Å². The molecule has 0 heterocycles. The topological polar surface area (TPSA) is 41.5 Å². The number of methoxy groups -OCH3 is 1. The summed E-state index contributed by atoms with van der Waals surface area (Å²) in [7, 11) is 1.64. The molecule has 2 rings (SSSR count). The molecule has 20 heavy (non-hydrogen) atoms. The van der Waals surface area contributed by atoms with Gasteiger partial charge in [0.15, 0.2) is 0 Å². The Balaban J connectivity index is 2.27. The standard InChI is InChI=1S/C17H21NO2/c1-17(2,3)12-5-10-16(19)15(11-12)18-13-6-8-14(20-4)9-7-13/h5-11,18-19H,1-4H3. The van der Waals surface area contributed by atoms with Crippen LogP contribution in [0.1, 0.15) is 26.3 Å². The maximum Gasteiger partial charge on any atom is 0.139 e. The van der Waals surface area contributed by atoms with E-state index in [1.807, 2.05) is 36.4 Å². The van der Waals surface area contributed by atoms with Gasteiger partial charge in [0, 0.05) is 5.69 Å². The van der Waals surface area contributed by atoms with E-state index < -0.39 is 0 Å². The second-order valence-electron chi connectivity index (χ2n) is 5.84. The van der Waals surface area contributed by atoms with Crippen LogP contribution in [0.25, 0.3) is 0 Å². The minimum absolute atomic E-state index is 0.0457. The van der Waals surface area contributed by atoms with Gasteiger partial charge >= 0.3 is 0 Å². The van der Waals surface area contributed by atoms with Crippen LogP contribution in [0.2, 0.25) is 0 Å². The van der Waals surface area contributed by atoms with Crippen LogP contribution in [-0.2, 0) is 5.41 Å². The van der Waals surface area contributed by atoms with Crippen LogP contribution in [0, 0.1) is 0 Å². The van der Waals surface area contributed by atoms with Crippen LogP contribution in [0.3, 0.4) is 0 Å². The zero-order chi connectivity index (χ0) is 14.8. The van der Waals surface area contributed by atoms with Crippen molar-refractivity contribution in [3.05, 3.63) is 48.0 Å². The van der Waals surface area contributed by atoms with Gasteiger partial charge in [-0.2, -0.15) is 0 Å². The molecule has 0 radical (unpaired) electrons. The van der Waals surface area contributed by atoms with Gasteiger partial charge in [-0.25, -0.2) is 0 Å². The number of nitrogens with one attached hydrogen (secondary N) is 1. The van der Waals surface area contributed by atoms with Crippen LogP contribution >= 0.6 is 0 Å². The predicted molar refractivity (Wildman–Crippen MR) is 83.1 cm³/mol. The van der Waals surface area contributed by atoms with Gasteiger partial charge in [-0.1, -0.05) is 26.8 Å². The number of rotatable bonds is 3. The molecule has 0 aliphatic carbocycles. The van der Waals surface area contributed by atoms with Crippen LogP contribution in [0.15, 0.2) is 42.5 Å². The number of hydrogen-bond donors (Lipinski definition) is 2. The van der Waals surface area contributed by atoms with Gasteiger partial charge in [0.2, 0.25) is 0 Å². The van der Waals surface area contributed by atoms with Crippen molar-refractivity contribution in [2.24, 2.45) is 0 Å². The maximum atomic E-state index is 9.98. The van der Waals surface area contributed by atoms with Gasteiger partial charge in [-0.05, 0) is 47.4 Å². The highest BCUT2D eigenvalue weighted by atomic mass is 16.5. The van der Waals surface area contributed by atoms with Gasteiger partial charge in [-0.15, -0.1) is 0 Å². The Morgan fingerprint density at radius 2 is 1.65 bits per heavy atom. The summed E-state index contributed by atoms with van der Waals surface area (Å²) in [5.41, 5.74) is 2.84. The Kier molecular flexibility index (Phi) is 3.89. The maximum absolute atomic E-state index is 9.98. The Morgan fingerprint density at radius 3 is 2.20 bits per heavy atom. The Labute approximate surface area is 120 Å². The summed E-state index contributed by atoms with van der Waals surface area (Å²) in [5.74, 6) is 1.05. The lowest BCUT2D eigenvalue weighted by molar-refractivity contribution is 0.415. The molecule has 0 amide bonds. The molecule has 0 aliphatic rings. The van der Waals surface area contributed by atoms with Crippen LogP contribution in [-0.4, -0.2) is 12.2 Å². The number of benzene rings is 2. The number of anilines is 2. The zero-order valence-electron chi connectivity index (χ0n) is 12.4. The van der Waals surface area contributed by atoms with Crippen molar-refractivity contribution in [1.29, 1.82) is 0 Å². The van der Waals surface area contributed by atoms with E-state index in [4.69, 9.17) is 4.74 Å². The first-order valence-corrected chi connectivity index (χ1v) is 6.65. The van der Waals surface area contributed by atoms with Gasteiger partial charge in [0.25, 0.3) is 0 Å². The van der Waals surface area contributed by atoms with Crippen molar-refractivity contribution in [2.75, 3.05) is 12.4 Å². The third-order valence-electron chi connectivity index (χ3n) is 3.23. The number of phenols is 1. The smallest absolute Gasteiger partial charge is 0.139 e. The van der Waals surface area contributed by atoms with Crippen molar-refractivity contribution in [2.45, 2.75) is 26.2 Å². The summed E-state index contributed by atoms with van der Waals surface area (Å²) in [4.78, 5) is 0. The first-order valence-electron chi connectivity index (χ1n) is 6.65. The van der Waals surface area contributed by atoms with Crippen molar-refractivity contribution in [1.82, 2.24) is 0 Å². The van der Waals surface area contributed by atoms with Crippen molar-refractivity contribution < 1.29 is 9.84 Å². The summed E-state index contributed by atoms with van der Waals surface area (Å²) in [5, 5.41) is 13.2. The Hall–Kier alpha value is -2.16. The third-order valence-corrected chi connectivity index (χ3v) is 3.23. The third kappa shape index (κ3) is 3.23. The average molecular weight is 271 g/mol. The number of aromatic hydroxyl groups is 1. The van der Waals surface area contributed by atoms with Crippen LogP contribution < -0.4 is 10.1 Å². The zero-order valence-corrected chi connectivity index (χ0v) is 12.4. The molecule has 0 bridgehead atoms. The van der Waals surface area contributed by atoms with E-state index in [9.17, 15) is 5.11 Å². The fourth-order valence-corrected chi connectivity index (χ4v) is 1.93. The van der Waals surface area contributed by atoms with Gasteiger partial charge in [-0.3, -0.25) is 0 Å². The van der Waals surface area contributed by atoms with E-state index >= 15 is 0 Å². The molecule has 0 unspecified atom stereocenters. The molecule has 106 valence electrons. The van der Waals surface area contributed by atoms with Gasteiger partial charge in [0.1, 0.15) is 11.5 Å². The lowest BCUT2D eigenvalue weighted by atomic mass is 9.87. The molecule has 2 aromatic rings. The molecule has 0 saturated carbocycles. The quantitative estimate of drug-likeness (QED) is 0.811. The van der Waals surface area contributed by atoms with Gasteiger partial charge in [0.05, 0.1) is 12.8 Å². The van der Waals surface area contributed by atoms with E-state index in [0.29, 0.717) is 5.69 Å². The van der Waals surface area contributed by atoms with Crippen molar-refractivity contribution in [3.8, 4) is 11.5 Å². The highest BCUT2D eigenvalue weighted by molar-refractivity contribution is 5.67. The van der Waals surface area contributed by atoms with E-state index in [2.05, 4.69) is 26.1 Å². The fraction of sp³-hybridized carbons (Fsp3) is 0.294. The van der Waals surface area contributed by atoms with Crippen molar-refractivity contribution >= 4 is 11.4 Å². The lowest BCUT2D eigenvalue weighted by Gasteiger charge is -2.20. The molecule has 0 spiro atoms. The first kappa shape index (κ1) is 14.3. The summed E-state index contributed by atoms with van der Waals surface area (Å²) in [6.07, 6.45) is 0. The molecule has 2 aromatic carbocycles. The molecule has 0 saturated heterocycles. The summed E-state index contributed by atoms with van der Waals surface area (Å²) < 4.78 is 5.13. The molecule has 0 aromatic heterocycles.